The lowest BCUT2D eigenvalue weighted by atomic mass is 10.1. The van der Waals surface area contributed by atoms with Gasteiger partial charge in [0.05, 0.1) is 17.6 Å². The van der Waals surface area contributed by atoms with Crippen molar-refractivity contribution in [2.24, 2.45) is 0 Å². The van der Waals surface area contributed by atoms with Gasteiger partial charge < -0.3 is 4.74 Å². The third-order valence-electron chi connectivity index (χ3n) is 2.96. The number of nitro benzene ring substituents is 1. The number of nitrogens with zero attached hydrogens (tertiary/aromatic N) is 1. The first-order chi connectivity index (χ1) is 10.5. The number of ether oxygens (including phenoxy) is 1. The topological polar surface area (TPSA) is 69.4 Å². The van der Waals surface area contributed by atoms with E-state index in [1.165, 1.54) is 55.7 Å². The Labute approximate surface area is 125 Å². The number of allylic oxidation sites excluding steroid dienone is 1. The average molecular weight is 301 g/mol. The number of hydrogen-bond donors (Lipinski definition) is 0. The molecule has 5 nitrogen and oxygen atoms in total. The number of ketones is 1. The van der Waals surface area contributed by atoms with Crippen LogP contribution < -0.4 is 4.74 Å². The fraction of sp³-hybridized carbons (Fsp3) is 0.0625. The van der Waals surface area contributed by atoms with Crippen LogP contribution in [-0.4, -0.2) is 17.8 Å². The quantitative estimate of drug-likeness (QED) is 0.366. The Morgan fingerprint density at radius 1 is 1.23 bits per heavy atom. The van der Waals surface area contributed by atoms with Crippen LogP contribution in [0.25, 0.3) is 6.08 Å². The molecule has 0 bridgehead atoms. The van der Waals surface area contributed by atoms with Crippen LogP contribution in [-0.2, 0) is 0 Å². The van der Waals surface area contributed by atoms with E-state index in [0.717, 1.165) is 6.07 Å². The highest BCUT2D eigenvalue weighted by atomic mass is 19.1. The number of carbonyl (C=O) groups excluding carboxylic acids is 1. The molecule has 22 heavy (non-hydrogen) atoms. The van der Waals surface area contributed by atoms with Gasteiger partial charge in [0, 0.05) is 12.1 Å². The molecule has 6 heteroatoms. The van der Waals surface area contributed by atoms with Gasteiger partial charge in [0.15, 0.2) is 5.78 Å². The summed E-state index contributed by atoms with van der Waals surface area (Å²) in [6, 6.07) is 9.40. The van der Waals surface area contributed by atoms with Gasteiger partial charge in [-0.1, -0.05) is 6.08 Å². The number of carbonyl (C=O) groups is 1. The molecule has 0 saturated carbocycles. The minimum atomic E-state index is -0.534. The van der Waals surface area contributed by atoms with Crippen molar-refractivity contribution < 1.29 is 18.8 Å². The molecule has 0 aliphatic carbocycles. The molecule has 0 aromatic heterocycles. The highest BCUT2D eigenvalue weighted by Crippen LogP contribution is 2.21. The third-order valence-corrected chi connectivity index (χ3v) is 2.96. The molecule has 0 spiro atoms. The first-order valence-electron chi connectivity index (χ1n) is 6.31. The lowest BCUT2D eigenvalue weighted by Gasteiger charge is -2.05. The van der Waals surface area contributed by atoms with Crippen LogP contribution in [0.15, 0.2) is 48.5 Å². The van der Waals surface area contributed by atoms with E-state index in [0.29, 0.717) is 5.56 Å². The molecule has 2 aromatic rings. The molecule has 0 unspecified atom stereocenters. The Morgan fingerprint density at radius 3 is 2.50 bits per heavy atom. The molecule has 0 amide bonds. The number of benzene rings is 2. The zero-order chi connectivity index (χ0) is 16.1. The van der Waals surface area contributed by atoms with Gasteiger partial charge in [-0.05, 0) is 42.0 Å². The second kappa shape index (κ2) is 6.62. The predicted octanol–water partition coefficient (Wildman–Crippen LogP) is 3.64. The Balaban J connectivity index is 2.21. The van der Waals surface area contributed by atoms with E-state index in [9.17, 15) is 19.3 Å². The summed E-state index contributed by atoms with van der Waals surface area (Å²) in [5, 5.41) is 10.5. The van der Waals surface area contributed by atoms with E-state index >= 15 is 0 Å². The van der Waals surface area contributed by atoms with Crippen molar-refractivity contribution in [2.75, 3.05) is 7.11 Å². The van der Waals surface area contributed by atoms with E-state index in [1.54, 1.807) is 0 Å². The molecular formula is C16H12FNO4. The standard InChI is InChI=1S/C16H12FNO4/c1-22-16-9-5-12(17)10-14(16)15(19)8-4-11-2-6-13(7-3-11)18(20)21/h2-10H,1H3. The summed E-state index contributed by atoms with van der Waals surface area (Å²) in [4.78, 5) is 22.1. The van der Waals surface area contributed by atoms with Crippen molar-refractivity contribution in [2.45, 2.75) is 0 Å². The second-order valence-corrected chi connectivity index (χ2v) is 4.39. The predicted molar refractivity (Wildman–Crippen MR) is 79.4 cm³/mol. The Kier molecular flexibility index (Phi) is 4.63. The van der Waals surface area contributed by atoms with Crippen LogP contribution in [0.3, 0.4) is 0 Å². The second-order valence-electron chi connectivity index (χ2n) is 4.39. The Bertz CT molecular complexity index is 738. The van der Waals surface area contributed by atoms with Gasteiger partial charge in [0.25, 0.3) is 5.69 Å². The minimum absolute atomic E-state index is 0.0322. The zero-order valence-corrected chi connectivity index (χ0v) is 11.7. The van der Waals surface area contributed by atoms with Gasteiger partial charge in [-0.25, -0.2) is 4.39 Å². The lowest BCUT2D eigenvalue weighted by Crippen LogP contribution is -1.99. The summed E-state index contributed by atoms with van der Waals surface area (Å²) in [6.45, 7) is 0. The summed E-state index contributed by atoms with van der Waals surface area (Å²) >= 11 is 0. The molecule has 0 aliphatic rings. The Morgan fingerprint density at radius 2 is 1.91 bits per heavy atom. The number of halogens is 1. The van der Waals surface area contributed by atoms with E-state index in [4.69, 9.17) is 4.74 Å². The van der Waals surface area contributed by atoms with Gasteiger partial charge in [-0.15, -0.1) is 0 Å². The van der Waals surface area contributed by atoms with Crippen LogP contribution in [0.1, 0.15) is 15.9 Å². The molecule has 2 rings (SSSR count). The van der Waals surface area contributed by atoms with Crippen molar-refractivity contribution in [3.05, 3.63) is 75.6 Å². The van der Waals surface area contributed by atoms with E-state index in [-0.39, 0.29) is 17.0 Å². The van der Waals surface area contributed by atoms with Crippen molar-refractivity contribution in [3.63, 3.8) is 0 Å². The maximum Gasteiger partial charge on any atom is 0.269 e. The smallest absolute Gasteiger partial charge is 0.269 e. The van der Waals surface area contributed by atoms with Crippen LogP contribution >= 0.6 is 0 Å². The number of non-ortho nitro benzene ring substituents is 1. The molecule has 0 radical (unpaired) electrons. The van der Waals surface area contributed by atoms with Crippen molar-refractivity contribution in [1.29, 1.82) is 0 Å². The SMILES string of the molecule is COc1ccc(F)cc1C(=O)C=Cc1ccc([N+](=O)[O-])cc1. The third kappa shape index (κ3) is 3.54. The number of rotatable bonds is 5. The zero-order valence-electron chi connectivity index (χ0n) is 11.7. The number of hydrogen-bond acceptors (Lipinski definition) is 4. The molecule has 112 valence electrons. The highest BCUT2D eigenvalue weighted by molar-refractivity contribution is 6.08. The lowest BCUT2D eigenvalue weighted by molar-refractivity contribution is -0.384. The van der Waals surface area contributed by atoms with E-state index < -0.39 is 16.5 Å². The first kappa shape index (κ1) is 15.4. The first-order valence-corrected chi connectivity index (χ1v) is 6.31. The molecule has 0 atom stereocenters. The molecule has 2 aromatic carbocycles. The van der Waals surface area contributed by atoms with Gasteiger partial charge in [0.2, 0.25) is 0 Å². The average Bonchev–Trinajstić information content (AvgIpc) is 2.53. The van der Waals surface area contributed by atoms with Gasteiger partial charge in [-0.2, -0.15) is 0 Å². The van der Waals surface area contributed by atoms with Crippen molar-refractivity contribution in [1.82, 2.24) is 0 Å². The molecule has 0 N–H and O–H groups in total. The van der Waals surface area contributed by atoms with E-state index in [1.807, 2.05) is 0 Å². The van der Waals surface area contributed by atoms with E-state index in [2.05, 4.69) is 0 Å². The number of methoxy groups -OCH3 is 1. The normalized spacial score (nSPS) is 10.6. The number of nitro groups is 1. The maximum atomic E-state index is 13.2. The monoisotopic (exact) mass is 301 g/mol. The largest absolute Gasteiger partial charge is 0.496 e. The molecule has 0 aliphatic heterocycles. The van der Waals surface area contributed by atoms with Crippen molar-refractivity contribution in [3.8, 4) is 5.75 Å². The fourth-order valence-corrected chi connectivity index (χ4v) is 1.84. The Hall–Kier alpha value is -3.02. The van der Waals surface area contributed by atoms with Gasteiger partial charge >= 0.3 is 0 Å². The summed E-state index contributed by atoms with van der Waals surface area (Å²) in [7, 11) is 1.39. The van der Waals surface area contributed by atoms with Crippen LogP contribution in [0, 0.1) is 15.9 Å². The van der Waals surface area contributed by atoms with Gasteiger partial charge in [-0.3, -0.25) is 14.9 Å². The molecule has 0 heterocycles. The summed E-state index contributed by atoms with van der Waals surface area (Å²) in [5.74, 6) is -0.678. The molecule has 0 fully saturated rings. The van der Waals surface area contributed by atoms with Gasteiger partial charge in [0.1, 0.15) is 11.6 Å². The summed E-state index contributed by atoms with van der Waals surface area (Å²) in [6.07, 6.45) is 2.76. The van der Waals surface area contributed by atoms with Crippen LogP contribution in [0.2, 0.25) is 0 Å². The van der Waals surface area contributed by atoms with Crippen LogP contribution in [0.4, 0.5) is 10.1 Å². The molecular weight excluding hydrogens is 289 g/mol. The van der Waals surface area contributed by atoms with Crippen molar-refractivity contribution >= 4 is 17.5 Å². The highest BCUT2D eigenvalue weighted by Gasteiger charge is 2.11. The summed E-state index contributed by atoms with van der Waals surface area (Å²) in [5.41, 5.74) is 0.699. The maximum absolute atomic E-state index is 13.2. The molecule has 0 saturated heterocycles. The minimum Gasteiger partial charge on any atom is -0.496 e. The summed E-state index contributed by atoms with van der Waals surface area (Å²) < 4.78 is 18.3. The fourth-order valence-electron chi connectivity index (χ4n) is 1.84. The van der Waals surface area contributed by atoms with Crippen LogP contribution in [0.5, 0.6) is 5.75 Å².